The molecule has 0 aliphatic rings. The fourth-order valence-corrected chi connectivity index (χ4v) is 2.38. The first kappa shape index (κ1) is 12.9. The summed E-state index contributed by atoms with van der Waals surface area (Å²) in [7, 11) is 0. The van der Waals surface area contributed by atoms with Gasteiger partial charge in [0.1, 0.15) is 5.82 Å². The molecule has 0 bridgehead atoms. The van der Waals surface area contributed by atoms with Crippen molar-refractivity contribution < 1.29 is 4.79 Å². The number of amides is 1. The average Bonchev–Trinajstić information content (AvgIpc) is 2.81. The zero-order chi connectivity index (χ0) is 14.1. The number of aromatic amines is 1. The van der Waals surface area contributed by atoms with E-state index in [0.717, 1.165) is 32.6 Å². The van der Waals surface area contributed by atoms with E-state index < -0.39 is 0 Å². The van der Waals surface area contributed by atoms with E-state index in [1.165, 1.54) is 6.92 Å². The van der Waals surface area contributed by atoms with Crippen molar-refractivity contribution in [3.8, 4) is 11.4 Å². The van der Waals surface area contributed by atoms with Crippen LogP contribution in [0.4, 0.5) is 5.69 Å². The summed E-state index contributed by atoms with van der Waals surface area (Å²) in [5, 5.41) is 2.74. The molecule has 4 nitrogen and oxygen atoms in total. The molecule has 1 heterocycles. The fraction of sp³-hybridized carbons (Fsp3) is 0.0667. The number of carbonyl (C=O) groups excluding carboxylic acids is 1. The number of aromatic nitrogens is 2. The van der Waals surface area contributed by atoms with Gasteiger partial charge >= 0.3 is 0 Å². The first-order valence-electron chi connectivity index (χ1n) is 6.15. The number of anilines is 1. The number of H-pyrrole nitrogens is 1. The maximum Gasteiger partial charge on any atom is 0.221 e. The summed E-state index contributed by atoms with van der Waals surface area (Å²) in [6.07, 6.45) is 0. The molecule has 1 amide bonds. The molecule has 0 aliphatic heterocycles. The number of benzene rings is 2. The number of hydrogen-bond donors (Lipinski definition) is 2. The smallest absolute Gasteiger partial charge is 0.221 e. The van der Waals surface area contributed by atoms with Crippen LogP contribution in [0.5, 0.6) is 0 Å². The van der Waals surface area contributed by atoms with Gasteiger partial charge in [0.05, 0.1) is 11.0 Å². The Balaban J connectivity index is 1.96. The third kappa shape index (κ3) is 2.58. The van der Waals surface area contributed by atoms with Crippen LogP contribution in [0.15, 0.2) is 46.9 Å². The van der Waals surface area contributed by atoms with E-state index in [2.05, 4.69) is 31.2 Å². The minimum Gasteiger partial charge on any atom is -0.338 e. The quantitative estimate of drug-likeness (QED) is 0.747. The molecule has 3 rings (SSSR count). The molecular formula is C15H12BrN3O. The van der Waals surface area contributed by atoms with Crippen molar-refractivity contribution >= 4 is 38.6 Å². The van der Waals surface area contributed by atoms with Crippen LogP contribution in [0.1, 0.15) is 6.92 Å². The van der Waals surface area contributed by atoms with Crippen LogP contribution in [0.2, 0.25) is 0 Å². The van der Waals surface area contributed by atoms with Gasteiger partial charge < -0.3 is 10.3 Å². The van der Waals surface area contributed by atoms with E-state index in [9.17, 15) is 4.79 Å². The number of imidazole rings is 1. The fourth-order valence-electron chi connectivity index (χ4n) is 2.03. The highest BCUT2D eigenvalue weighted by atomic mass is 79.9. The lowest BCUT2D eigenvalue weighted by Crippen LogP contribution is -2.05. The minimum absolute atomic E-state index is 0.0775. The molecule has 2 N–H and O–H groups in total. The van der Waals surface area contributed by atoms with Gasteiger partial charge in [-0.25, -0.2) is 4.98 Å². The van der Waals surface area contributed by atoms with Crippen molar-refractivity contribution in [3.63, 3.8) is 0 Å². The Bertz CT molecular complexity index is 777. The van der Waals surface area contributed by atoms with Crippen molar-refractivity contribution in [2.24, 2.45) is 0 Å². The Morgan fingerprint density at radius 2 is 1.95 bits per heavy atom. The van der Waals surface area contributed by atoms with Gasteiger partial charge in [-0.05, 0) is 42.5 Å². The maximum atomic E-state index is 11.0. The number of halogens is 1. The van der Waals surface area contributed by atoms with Crippen molar-refractivity contribution in [3.05, 3.63) is 46.9 Å². The van der Waals surface area contributed by atoms with Gasteiger partial charge in [0.15, 0.2) is 0 Å². The molecule has 0 unspecified atom stereocenters. The summed E-state index contributed by atoms with van der Waals surface area (Å²) in [6.45, 7) is 1.49. The zero-order valence-corrected chi connectivity index (χ0v) is 12.4. The Morgan fingerprint density at radius 3 is 2.65 bits per heavy atom. The van der Waals surface area contributed by atoms with Gasteiger partial charge in [0.25, 0.3) is 0 Å². The Morgan fingerprint density at radius 1 is 1.20 bits per heavy atom. The van der Waals surface area contributed by atoms with E-state index in [1.807, 2.05) is 42.5 Å². The predicted octanol–water partition coefficient (Wildman–Crippen LogP) is 3.95. The van der Waals surface area contributed by atoms with E-state index in [-0.39, 0.29) is 5.91 Å². The largest absolute Gasteiger partial charge is 0.338 e. The highest BCUT2D eigenvalue weighted by Gasteiger charge is 2.06. The summed E-state index contributed by atoms with van der Waals surface area (Å²) >= 11 is 3.44. The molecule has 5 heteroatoms. The average molecular weight is 330 g/mol. The number of hydrogen-bond acceptors (Lipinski definition) is 2. The summed E-state index contributed by atoms with van der Waals surface area (Å²) in [5.41, 5.74) is 3.67. The summed E-state index contributed by atoms with van der Waals surface area (Å²) < 4.78 is 1.00. The zero-order valence-electron chi connectivity index (χ0n) is 10.8. The third-order valence-corrected chi connectivity index (χ3v) is 3.42. The molecule has 0 aliphatic carbocycles. The van der Waals surface area contributed by atoms with Crippen LogP contribution >= 0.6 is 15.9 Å². The topological polar surface area (TPSA) is 57.8 Å². The molecule has 0 atom stereocenters. The van der Waals surface area contributed by atoms with Crippen LogP contribution < -0.4 is 5.32 Å². The van der Waals surface area contributed by atoms with Crippen molar-refractivity contribution in [1.82, 2.24) is 9.97 Å². The number of rotatable bonds is 2. The second-order valence-electron chi connectivity index (χ2n) is 4.51. The molecule has 0 fully saturated rings. The van der Waals surface area contributed by atoms with Crippen molar-refractivity contribution in [2.45, 2.75) is 6.92 Å². The van der Waals surface area contributed by atoms with Crippen molar-refractivity contribution in [2.75, 3.05) is 5.32 Å². The third-order valence-electron chi connectivity index (χ3n) is 2.92. The lowest BCUT2D eigenvalue weighted by molar-refractivity contribution is -0.114. The summed E-state index contributed by atoms with van der Waals surface area (Å²) in [4.78, 5) is 18.8. The summed E-state index contributed by atoms with van der Waals surface area (Å²) in [5.74, 6) is 0.735. The molecule has 0 radical (unpaired) electrons. The molecule has 0 spiro atoms. The molecule has 0 saturated carbocycles. The van der Waals surface area contributed by atoms with Gasteiger partial charge in [0.2, 0.25) is 5.91 Å². The summed E-state index contributed by atoms with van der Waals surface area (Å²) in [6, 6.07) is 13.5. The normalized spacial score (nSPS) is 10.7. The van der Waals surface area contributed by atoms with Gasteiger partial charge in [-0.15, -0.1) is 0 Å². The highest BCUT2D eigenvalue weighted by Crippen LogP contribution is 2.24. The van der Waals surface area contributed by atoms with Crippen LogP contribution in [-0.2, 0) is 4.79 Å². The van der Waals surface area contributed by atoms with Crippen LogP contribution in [0.25, 0.3) is 22.4 Å². The van der Waals surface area contributed by atoms with Gasteiger partial charge in [0, 0.05) is 22.6 Å². The maximum absolute atomic E-state index is 11.0. The SMILES string of the molecule is CC(=O)Nc1ccc(-c2nc3cc(Br)ccc3[nH]2)cc1. The van der Waals surface area contributed by atoms with E-state index in [4.69, 9.17) is 0 Å². The Hall–Kier alpha value is -2.14. The Kier molecular flexibility index (Phi) is 3.28. The van der Waals surface area contributed by atoms with E-state index in [1.54, 1.807) is 0 Å². The van der Waals surface area contributed by atoms with E-state index in [0.29, 0.717) is 0 Å². The molecule has 100 valence electrons. The van der Waals surface area contributed by atoms with Gasteiger partial charge in [-0.3, -0.25) is 4.79 Å². The number of nitrogens with one attached hydrogen (secondary N) is 2. The number of nitrogens with zero attached hydrogens (tertiary/aromatic N) is 1. The van der Waals surface area contributed by atoms with Gasteiger partial charge in [-0.1, -0.05) is 15.9 Å². The van der Waals surface area contributed by atoms with Crippen molar-refractivity contribution in [1.29, 1.82) is 0 Å². The van der Waals surface area contributed by atoms with Crippen LogP contribution in [-0.4, -0.2) is 15.9 Å². The molecule has 3 aromatic rings. The second-order valence-corrected chi connectivity index (χ2v) is 5.42. The number of fused-ring (bicyclic) bond motifs is 1. The molecule has 2 aromatic carbocycles. The molecular weight excluding hydrogens is 318 g/mol. The second kappa shape index (κ2) is 5.09. The standard InChI is InChI=1S/C15H12BrN3O/c1-9(20)17-12-5-2-10(3-6-12)15-18-13-7-4-11(16)8-14(13)19-15/h2-8H,1H3,(H,17,20)(H,18,19). The van der Waals surface area contributed by atoms with Crippen LogP contribution in [0.3, 0.4) is 0 Å². The highest BCUT2D eigenvalue weighted by molar-refractivity contribution is 9.10. The molecule has 20 heavy (non-hydrogen) atoms. The first-order chi connectivity index (χ1) is 9.61. The van der Waals surface area contributed by atoms with E-state index >= 15 is 0 Å². The number of carbonyl (C=O) groups is 1. The monoisotopic (exact) mass is 329 g/mol. The molecule has 1 aromatic heterocycles. The Labute approximate surface area is 124 Å². The minimum atomic E-state index is -0.0775. The predicted molar refractivity (Wildman–Crippen MR) is 83.5 cm³/mol. The lowest BCUT2D eigenvalue weighted by Gasteiger charge is -2.02. The first-order valence-corrected chi connectivity index (χ1v) is 6.94. The van der Waals surface area contributed by atoms with Crippen LogP contribution in [0, 0.1) is 0 Å². The molecule has 0 saturated heterocycles. The van der Waals surface area contributed by atoms with Gasteiger partial charge in [-0.2, -0.15) is 0 Å². The lowest BCUT2D eigenvalue weighted by atomic mass is 10.2.